The maximum Gasteiger partial charge on any atom is 0.262 e. The highest BCUT2D eigenvalue weighted by atomic mass is 32.2. The minimum atomic E-state index is -0.00956. The summed E-state index contributed by atoms with van der Waals surface area (Å²) < 4.78 is 18.5. The molecule has 1 saturated heterocycles. The molecule has 0 amide bonds. The van der Waals surface area contributed by atoms with Gasteiger partial charge in [0.15, 0.2) is 5.16 Å². The second-order valence-electron chi connectivity index (χ2n) is 6.83. The van der Waals surface area contributed by atoms with Gasteiger partial charge in [0.05, 0.1) is 37.3 Å². The summed E-state index contributed by atoms with van der Waals surface area (Å²) in [7, 11) is 1.64. The third kappa shape index (κ3) is 4.74. The quantitative estimate of drug-likeness (QED) is 0.319. The van der Waals surface area contributed by atoms with Crippen LogP contribution in [0.5, 0.6) is 11.5 Å². The molecule has 1 atom stereocenters. The van der Waals surface area contributed by atoms with Gasteiger partial charge in [-0.25, -0.2) is 4.98 Å². The minimum Gasteiger partial charge on any atom is -0.497 e. The van der Waals surface area contributed by atoms with Crippen molar-refractivity contribution in [3.8, 4) is 11.5 Å². The summed E-state index contributed by atoms with van der Waals surface area (Å²) >= 11 is 1.53. The molecule has 29 heavy (non-hydrogen) atoms. The Kier molecular flexibility index (Phi) is 6.36. The van der Waals surface area contributed by atoms with Crippen molar-refractivity contribution in [1.29, 1.82) is 0 Å². The molecule has 1 aliphatic rings. The van der Waals surface area contributed by atoms with E-state index in [1.165, 1.54) is 11.8 Å². The zero-order valence-electron chi connectivity index (χ0n) is 16.4. The van der Waals surface area contributed by atoms with Gasteiger partial charge < -0.3 is 14.2 Å². The molecule has 1 fully saturated rings. The fourth-order valence-electron chi connectivity index (χ4n) is 3.38. The van der Waals surface area contributed by atoms with E-state index in [0.717, 1.165) is 36.5 Å². The van der Waals surface area contributed by atoms with Crippen LogP contribution in [-0.4, -0.2) is 41.7 Å². The van der Waals surface area contributed by atoms with Crippen molar-refractivity contribution >= 4 is 22.7 Å². The normalized spacial score (nSPS) is 16.2. The monoisotopic (exact) mass is 412 g/mol. The van der Waals surface area contributed by atoms with Crippen molar-refractivity contribution in [3.05, 3.63) is 58.9 Å². The molecule has 0 aliphatic carbocycles. The van der Waals surface area contributed by atoms with Gasteiger partial charge in [-0.3, -0.25) is 9.36 Å². The molecule has 152 valence electrons. The van der Waals surface area contributed by atoms with Gasteiger partial charge in [0.25, 0.3) is 5.56 Å². The Balaban J connectivity index is 1.47. The van der Waals surface area contributed by atoms with E-state index in [9.17, 15) is 4.79 Å². The number of hydrogen-bond donors (Lipinski definition) is 0. The maximum atomic E-state index is 13.1. The van der Waals surface area contributed by atoms with Gasteiger partial charge in [-0.1, -0.05) is 23.9 Å². The molecule has 0 bridgehead atoms. The Morgan fingerprint density at radius 3 is 2.72 bits per heavy atom. The predicted octanol–water partition coefficient (Wildman–Crippen LogP) is 3.76. The van der Waals surface area contributed by atoms with E-state index in [1.54, 1.807) is 11.7 Å². The Morgan fingerprint density at radius 1 is 1.17 bits per heavy atom. The number of benzene rings is 2. The van der Waals surface area contributed by atoms with Gasteiger partial charge in [0.1, 0.15) is 11.5 Å². The van der Waals surface area contributed by atoms with Crippen molar-refractivity contribution in [3.63, 3.8) is 0 Å². The Hall–Kier alpha value is -2.51. The van der Waals surface area contributed by atoms with E-state index in [1.807, 2.05) is 48.5 Å². The Bertz CT molecular complexity index is 1010. The molecule has 4 rings (SSSR count). The van der Waals surface area contributed by atoms with Gasteiger partial charge in [-0.15, -0.1) is 0 Å². The average Bonchev–Trinajstić information content (AvgIpc) is 3.27. The fourth-order valence-corrected chi connectivity index (χ4v) is 4.20. The fraction of sp³-hybridized carbons (Fsp3) is 0.364. The number of aromatic nitrogens is 2. The largest absolute Gasteiger partial charge is 0.497 e. The first kappa shape index (κ1) is 19.8. The van der Waals surface area contributed by atoms with Crippen LogP contribution in [0, 0.1) is 0 Å². The molecule has 7 heteroatoms. The van der Waals surface area contributed by atoms with Crippen molar-refractivity contribution in [2.45, 2.75) is 30.6 Å². The molecule has 1 aromatic heterocycles. The molecule has 0 saturated carbocycles. The van der Waals surface area contributed by atoms with Gasteiger partial charge in [-0.05, 0) is 49.2 Å². The molecule has 0 spiro atoms. The first-order valence-corrected chi connectivity index (χ1v) is 10.7. The van der Waals surface area contributed by atoms with Crippen LogP contribution in [0.3, 0.4) is 0 Å². The van der Waals surface area contributed by atoms with Crippen molar-refractivity contribution < 1.29 is 14.2 Å². The van der Waals surface area contributed by atoms with Gasteiger partial charge >= 0.3 is 0 Å². The molecule has 1 aliphatic heterocycles. The molecule has 0 N–H and O–H groups in total. The lowest BCUT2D eigenvalue weighted by molar-refractivity contribution is 0.0937. The summed E-state index contributed by atoms with van der Waals surface area (Å²) in [6, 6.07) is 15.0. The Morgan fingerprint density at radius 2 is 1.97 bits per heavy atom. The lowest BCUT2D eigenvalue weighted by atomic mass is 10.2. The minimum absolute atomic E-state index is 0.00956. The van der Waals surface area contributed by atoms with Crippen LogP contribution < -0.4 is 15.0 Å². The highest BCUT2D eigenvalue weighted by Crippen LogP contribution is 2.22. The van der Waals surface area contributed by atoms with Crippen molar-refractivity contribution in [1.82, 2.24) is 9.55 Å². The summed E-state index contributed by atoms with van der Waals surface area (Å²) in [4.78, 5) is 17.8. The van der Waals surface area contributed by atoms with Crippen LogP contribution in [0.1, 0.15) is 12.8 Å². The summed E-state index contributed by atoms with van der Waals surface area (Å²) in [5.41, 5.74) is 0.712. The van der Waals surface area contributed by atoms with E-state index >= 15 is 0 Å². The average molecular weight is 413 g/mol. The van der Waals surface area contributed by atoms with Crippen LogP contribution in [0.2, 0.25) is 0 Å². The zero-order chi connectivity index (χ0) is 20.1. The number of fused-ring (bicyclic) bond motifs is 1. The molecule has 6 nitrogen and oxygen atoms in total. The van der Waals surface area contributed by atoms with Crippen LogP contribution in [0.25, 0.3) is 10.9 Å². The highest BCUT2D eigenvalue weighted by molar-refractivity contribution is 7.99. The lowest BCUT2D eigenvalue weighted by Gasteiger charge is -2.16. The van der Waals surface area contributed by atoms with Crippen LogP contribution in [-0.2, 0) is 11.3 Å². The number of thioether (sulfide) groups is 1. The number of para-hydroxylation sites is 1. The van der Waals surface area contributed by atoms with E-state index < -0.39 is 0 Å². The van der Waals surface area contributed by atoms with E-state index in [-0.39, 0.29) is 11.7 Å². The van der Waals surface area contributed by atoms with Gasteiger partial charge in [-0.2, -0.15) is 0 Å². The number of hydrogen-bond acceptors (Lipinski definition) is 6. The smallest absolute Gasteiger partial charge is 0.262 e. The first-order valence-electron chi connectivity index (χ1n) is 9.75. The van der Waals surface area contributed by atoms with Crippen LogP contribution in [0.4, 0.5) is 0 Å². The summed E-state index contributed by atoms with van der Waals surface area (Å²) in [6.07, 6.45) is 2.09. The van der Waals surface area contributed by atoms with E-state index in [0.29, 0.717) is 29.4 Å². The molecule has 2 aromatic carbocycles. The molecule has 2 heterocycles. The highest BCUT2D eigenvalue weighted by Gasteiger charge is 2.20. The number of rotatable bonds is 8. The number of nitrogens with zero attached hydrogens (tertiary/aromatic N) is 2. The number of ether oxygens (including phenoxy) is 3. The van der Waals surface area contributed by atoms with Crippen LogP contribution >= 0.6 is 11.8 Å². The maximum absolute atomic E-state index is 13.1. The lowest BCUT2D eigenvalue weighted by Crippen LogP contribution is -2.29. The predicted molar refractivity (Wildman–Crippen MR) is 114 cm³/mol. The summed E-state index contributed by atoms with van der Waals surface area (Å²) in [5.74, 6) is 2.27. The van der Waals surface area contributed by atoms with Crippen molar-refractivity contribution in [2.75, 3.05) is 26.1 Å². The first-order chi connectivity index (χ1) is 14.2. The zero-order valence-corrected chi connectivity index (χ0v) is 17.2. The summed E-state index contributed by atoms with van der Waals surface area (Å²) in [5, 5.41) is 1.35. The number of methoxy groups -OCH3 is 1. The van der Waals surface area contributed by atoms with E-state index in [4.69, 9.17) is 19.2 Å². The SMILES string of the molecule is COc1ccc(OCCSc2nc3ccccc3c(=O)n2C[C@H]2CCCO2)cc1. The molecular formula is C22H24N2O4S. The van der Waals surface area contributed by atoms with E-state index in [2.05, 4.69) is 0 Å². The standard InChI is InChI=1S/C22H24N2O4S/c1-26-16-8-10-17(11-9-16)28-13-14-29-22-23-20-7-3-2-6-19(20)21(25)24(22)15-18-5-4-12-27-18/h2-3,6-11,18H,4-5,12-15H2,1H3/t18-/m1/s1. The third-order valence-electron chi connectivity index (χ3n) is 4.88. The molecule has 0 radical (unpaired) electrons. The van der Waals surface area contributed by atoms with Crippen LogP contribution in [0.15, 0.2) is 58.5 Å². The topological polar surface area (TPSA) is 62.6 Å². The Labute approximate surface area is 173 Å². The second kappa shape index (κ2) is 9.33. The third-order valence-corrected chi connectivity index (χ3v) is 5.82. The summed E-state index contributed by atoms with van der Waals surface area (Å²) in [6.45, 7) is 1.82. The molecular weight excluding hydrogens is 388 g/mol. The van der Waals surface area contributed by atoms with Gasteiger partial charge in [0.2, 0.25) is 0 Å². The molecule has 0 unspecified atom stereocenters. The van der Waals surface area contributed by atoms with Gasteiger partial charge in [0, 0.05) is 12.4 Å². The van der Waals surface area contributed by atoms with Crippen molar-refractivity contribution in [2.24, 2.45) is 0 Å². The molecule has 3 aromatic rings. The second-order valence-corrected chi connectivity index (χ2v) is 7.90.